The fraction of sp³-hybridized carbons (Fsp3) is 0.636. The molecule has 0 fully saturated rings. The van der Waals surface area contributed by atoms with Crippen LogP contribution in [-0.4, -0.2) is 23.0 Å². The van der Waals surface area contributed by atoms with E-state index < -0.39 is 0 Å². The van der Waals surface area contributed by atoms with Crippen LogP contribution in [0.4, 0.5) is 0 Å². The predicted octanol–water partition coefficient (Wildman–Crippen LogP) is 2.37. The number of carbonyl (C=O) groups is 1. The van der Waals surface area contributed by atoms with E-state index in [1.807, 2.05) is 0 Å². The van der Waals surface area contributed by atoms with Crippen LogP contribution in [0, 0.1) is 12.8 Å². The second kappa shape index (κ2) is 5.89. The molecule has 90 valence electrons. The fourth-order valence-electron chi connectivity index (χ4n) is 1.46. The number of rotatable bonds is 5. The SMILES string of the molecule is Cc1cc(C(=O)NC(CCl)CC(C)C)no1. The lowest BCUT2D eigenvalue weighted by molar-refractivity contribution is 0.0927. The van der Waals surface area contributed by atoms with Crippen molar-refractivity contribution >= 4 is 17.5 Å². The van der Waals surface area contributed by atoms with Gasteiger partial charge in [0.05, 0.1) is 0 Å². The molecule has 0 saturated heterocycles. The Morgan fingerprint density at radius 2 is 2.31 bits per heavy atom. The minimum atomic E-state index is -0.233. The highest BCUT2D eigenvalue weighted by molar-refractivity contribution is 6.18. The van der Waals surface area contributed by atoms with Gasteiger partial charge in [0.25, 0.3) is 5.91 Å². The Bertz CT molecular complexity index is 350. The van der Waals surface area contributed by atoms with Gasteiger partial charge in [-0.1, -0.05) is 19.0 Å². The number of amides is 1. The molecule has 1 rings (SSSR count). The van der Waals surface area contributed by atoms with Crippen LogP contribution < -0.4 is 5.32 Å². The van der Waals surface area contributed by atoms with Crippen LogP contribution in [-0.2, 0) is 0 Å². The quantitative estimate of drug-likeness (QED) is 0.809. The molecule has 5 heteroatoms. The van der Waals surface area contributed by atoms with Crippen molar-refractivity contribution in [3.63, 3.8) is 0 Å². The van der Waals surface area contributed by atoms with Crippen molar-refractivity contribution in [2.45, 2.75) is 33.2 Å². The normalized spacial score (nSPS) is 12.8. The number of hydrogen-bond donors (Lipinski definition) is 1. The standard InChI is InChI=1S/C11H17ClN2O2/c1-7(2)4-9(6-12)13-11(15)10-5-8(3)16-14-10/h5,7,9H,4,6H2,1-3H3,(H,13,15). The second-order valence-electron chi connectivity index (χ2n) is 4.28. The Hall–Kier alpha value is -1.03. The van der Waals surface area contributed by atoms with Gasteiger partial charge in [0, 0.05) is 18.0 Å². The summed E-state index contributed by atoms with van der Waals surface area (Å²) < 4.78 is 4.84. The minimum absolute atomic E-state index is 0.0221. The lowest BCUT2D eigenvalue weighted by Crippen LogP contribution is -2.37. The van der Waals surface area contributed by atoms with Crippen LogP contribution in [0.2, 0.25) is 0 Å². The minimum Gasteiger partial charge on any atom is -0.361 e. The van der Waals surface area contributed by atoms with Crippen molar-refractivity contribution in [1.29, 1.82) is 0 Å². The Labute approximate surface area is 100 Å². The fourth-order valence-corrected chi connectivity index (χ4v) is 1.67. The number of aryl methyl sites for hydroxylation is 1. The number of nitrogens with zero attached hydrogens (tertiary/aromatic N) is 1. The maximum Gasteiger partial charge on any atom is 0.273 e. The molecule has 0 saturated carbocycles. The number of carbonyl (C=O) groups excluding carboxylic acids is 1. The first-order chi connectivity index (χ1) is 7.52. The highest BCUT2D eigenvalue weighted by Crippen LogP contribution is 2.08. The maximum atomic E-state index is 11.7. The van der Waals surface area contributed by atoms with Gasteiger partial charge in [-0.25, -0.2) is 0 Å². The molecule has 0 bridgehead atoms. The molecule has 0 aliphatic carbocycles. The van der Waals surface area contributed by atoms with Gasteiger partial charge >= 0.3 is 0 Å². The van der Waals surface area contributed by atoms with Gasteiger partial charge in [0.1, 0.15) is 5.76 Å². The molecule has 1 heterocycles. The van der Waals surface area contributed by atoms with Crippen molar-refractivity contribution in [2.24, 2.45) is 5.92 Å². The molecule has 1 amide bonds. The van der Waals surface area contributed by atoms with E-state index in [0.717, 1.165) is 6.42 Å². The first kappa shape index (κ1) is 13.0. The molecule has 0 radical (unpaired) electrons. The van der Waals surface area contributed by atoms with Crippen molar-refractivity contribution in [3.8, 4) is 0 Å². The largest absolute Gasteiger partial charge is 0.361 e. The van der Waals surface area contributed by atoms with Crippen molar-refractivity contribution < 1.29 is 9.32 Å². The lowest BCUT2D eigenvalue weighted by atomic mass is 10.1. The van der Waals surface area contributed by atoms with E-state index in [1.165, 1.54) is 0 Å². The van der Waals surface area contributed by atoms with Crippen LogP contribution in [0.3, 0.4) is 0 Å². The van der Waals surface area contributed by atoms with E-state index in [-0.39, 0.29) is 11.9 Å². The van der Waals surface area contributed by atoms with Crippen LogP contribution >= 0.6 is 11.6 Å². The van der Waals surface area contributed by atoms with E-state index in [0.29, 0.717) is 23.3 Å². The number of nitrogens with one attached hydrogen (secondary N) is 1. The van der Waals surface area contributed by atoms with Crippen molar-refractivity contribution in [3.05, 3.63) is 17.5 Å². The number of halogens is 1. The van der Waals surface area contributed by atoms with Crippen molar-refractivity contribution in [1.82, 2.24) is 10.5 Å². The molecule has 1 aromatic rings. The summed E-state index contributed by atoms with van der Waals surface area (Å²) in [6.07, 6.45) is 0.853. The third-order valence-corrected chi connectivity index (χ3v) is 2.51. The summed E-state index contributed by atoms with van der Waals surface area (Å²) in [4.78, 5) is 11.7. The van der Waals surface area contributed by atoms with Crippen LogP contribution in [0.25, 0.3) is 0 Å². The smallest absolute Gasteiger partial charge is 0.273 e. The summed E-state index contributed by atoms with van der Waals surface area (Å²) in [6, 6.07) is 1.59. The molecule has 0 spiro atoms. The van der Waals surface area contributed by atoms with Gasteiger partial charge in [0.2, 0.25) is 0 Å². The molecule has 0 aromatic carbocycles. The van der Waals surface area contributed by atoms with E-state index >= 15 is 0 Å². The van der Waals surface area contributed by atoms with Gasteiger partial charge < -0.3 is 9.84 Å². The maximum absolute atomic E-state index is 11.7. The van der Waals surface area contributed by atoms with Crippen LogP contribution in [0.1, 0.15) is 36.5 Å². The Balaban J connectivity index is 2.55. The Morgan fingerprint density at radius 3 is 2.75 bits per heavy atom. The zero-order chi connectivity index (χ0) is 12.1. The molecule has 0 aliphatic heterocycles. The average Bonchev–Trinajstić information content (AvgIpc) is 2.63. The van der Waals surface area contributed by atoms with Crippen LogP contribution in [0.15, 0.2) is 10.6 Å². The zero-order valence-electron chi connectivity index (χ0n) is 9.79. The lowest BCUT2D eigenvalue weighted by Gasteiger charge is -2.16. The molecule has 0 aliphatic rings. The van der Waals surface area contributed by atoms with Gasteiger partial charge in [-0.3, -0.25) is 4.79 Å². The first-order valence-corrected chi connectivity index (χ1v) is 5.86. The number of aromatic nitrogens is 1. The third-order valence-electron chi connectivity index (χ3n) is 2.14. The third kappa shape index (κ3) is 3.85. The van der Waals surface area contributed by atoms with Gasteiger partial charge in [-0.15, -0.1) is 11.6 Å². The van der Waals surface area contributed by atoms with E-state index in [1.54, 1.807) is 13.0 Å². The Morgan fingerprint density at radius 1 is 1.62 bits per heavy atom. The number of hydrogen-bond acceptors (Lipinski definition) is 3. The summed E-state index contributed by atoms with van der Waals surface area (Å²) in [5.41, 5.74) is 0.302. The summed E-state index contributed by atoms with van der Waals surface area (Å²) in [5, 5.41) is 6.49. The number of alkyl halides is 1. The molecule has 16 heavy (non-hydrogen) atoms. The van der Waals surface area contributed by atoms with Gasteiger partial charge in [0.15, 0.2) is 5.69 Å². The van der Waals surface area contributed by atoms with Crippen molar-refractivity contribution in [2.75, 3.05) is 5.88 Å². The van der Waals surface area contributed by atoms with Crippen LogP contribution in [0.5, 0.6) is 0 Å². The van der Waals surface area contributed by atoms with Gasteiger partial charge in [-0.2, -0.15) is 0 Å². The molecule has 1 atom stereocenters. The predicted molar refractivity (Wildman–Crippen MR) is 62.7 cm³/mol. The topological polar surface area (TPSA) is 55.1 Å². The molecule has 4 nitrogen and oxygen atoms in total. The summed E-state index contributed by atoms with van der Waals surface area (Å²) in [6.45, 7) is 5.93. The highest BCUT2D eigenvalue weighted by atomic mass is 35.5. The zero-order valence-corrected chi connectivity index (χ0v) is 10.5. The highest BCUT2D eigenvalue weighted by Gasteiger charge is 2.16. The molecule has 1 N–H and O–H groups in total. The molecular formula is C11H17ClN2O2. The summed E-state index contributed by atoms with van der Waals surface area (Å²) >= 11 is 5.79. The average molecular weight is 245 g/mol. The molecule has 1 unspecified atom stereocenters. The summed E-state index contributed by atoms with van der Waals surface area (Å²) in [5.74, 6) is 1.28. The molecular weight excluding hydrogens is 228 g/mol. The van der Waals surface area contributed by atoms with Gasteiger partial charge in [-0.05, 0) is 19.3 Å². The first-order valence-electron chi connectivity index (χ1n) is 5.33. The monoisotopic (exact) mass is 244 g/mol. The molecule has 1 aromatic heterocycles. The van der Waals surface area contributed by atoms with E-state index in [2.05, 4.69) is 24.3 Å². The summed E-state index contributed by atoms with van der Waals surface area (Å²) in [7, 11) is 0. The van der Waals surface area contributed by atoms with E-state index in [9.17, 15) is 4.79 Å². The second-order valence-corrected chi connectivity index (χ2v) is 4.59. The van der Waals surface area contributed by atoms with E-state index in [4.69, 9.17) is 16.1 Å². The Kier molecular flexibility index (Phi) is 4.80.